The highest BCUT2D eigenvalue weighted by atomic mass is 16.7. The van der Waals surface area contributed by atoms with E-state index < -0.39 is 5.79 Å². The first-order valence-corrected chi connectivity index (χ1v) is 7.29. The molecule has 0 aromatic heterocycles. The summed E-state index contributed by atoms with van der Waals surface area (Å²) in [5.41, 5.74) is 0.0743. The third-order valence-electron chi connectivity index (χ3n) is 6.80. The Morgan fingerprint density at radius 1 is 1.28 bits per heavy atom. The van der Waals surface area contributed by atoms with Crippen LogP contribution in [0.3, 0.4) is 0 Å². The van der Waals surface area contributed by atoms with Gasteiger partial charge in [-0.2, -0.15) is 0 Å². The maximum Gasteiger partial charge on any atom is 0.315 e. The predicted octanol–water partition coefficient (Wildman–Crippen LogP) is 2.33. The molecule has 3 heteroatoms. The minimum absolute atomic E-state index is 0.0988. The van der Waals surface area contributed by atoms with Gasteiger partial charge in [-0.25, -0.2) is 0 Å². The summed E-state index contributed by atoms with van der Waals surface area (Å²) in [6.07, 6.45) is 3.97. The lowest BCUT2D eigenvalue weighted by Gasteiger charge is -2.74. The molecule has 3 nitrogen and oxygen atoms in total. The molecular formula is C15H22O3. The first kappa shape index (κ1) is 11.3. The molecule has 1 spiro atoms. The minimum Gasteiger partial charge on any atom is -0.433 e. The van der Waals surface area contributed by atoms with Gasteiger partial charge in [0.1, 0.15) is 0 Å². The minimum atomic E-state index is -1.16. The highest BCUT2D eigenvalue weighted by Gasteiger charge is 2.81. The normalized spacial score (nSPS) is 59.7. The molecule has 2 aliphatic heterocycles. The van der Waals surface area contributed by atoms with E-state index >= 15 is 0 Å². The van der Waals surface area contributed by atoms with Gasteiger partial charge in [0.05, 0.1) is 5.41 Å². The molecule has 5 rings (SSSR count). The van der Waals surface area contributed by atoms with Crippen molar-refractivity contribution in [1.82, 2.24) is 0 Å². The van der Waals surface area contributed by atoms with Crippen molar-refractivity contribution in [2.45, 2.75) is 52.2 Å². The molecule has 0 amide bonds. The Kier molecular flexibility index (Phi) is 1.75. The summed E-state index contributed by atoms with van der Waals surface area (Å²) in [4.78, 5) is 12.4. The van der Waals surface area contributed by atoms with Crippen molar-refractivity contribution < 1.29 is 14.6 Å². The van der Waals surface area contributed by atoms with Gasteiger partial charge < -0.3 is 9.84 Å². The van der Waals surface area contributed by atoms with Gasteiger partial charge in [0, 0.05) is 12.3 Å². The van der Waals surface area contributed by atoms with Crippen LogP contribution in [0.25, 0.3) is 0 Å². The number of hydrogen-bond acceptors (Lipinski definition) is 3. The number of ether oxygens (including phenoxy) is 1. The summed E-state index contributed by atoms with van der Waals surface area (Å²) < 4.78 is 5.40. The largest absolute Gasteiger partial charge is 0.433 e. The molecule has 5 aliphatic rings. The summed E-state index contributed by atoms with van der Waals surface area (Å²) in [5.74, 6) is 0.150. The Bertz CT molecular complexity index is 443. The average molecular weight is 250 g/mol. The van der Waals surface area contributed by atoms with Crippen molar-refractivity contribution in [2.24, 2.45) is 34.5 Å². The van der Waals surface area contributed by atoms with Gasteiger partial charge >= 0.3 is 5.97 Å². The molecule has 2 saturated heterocycles. The monoisotopic (exact) mass is 250 g/mol. The van der Waals surface area contributed by atoms with Crippen molar-refractivity contribution in [3.63, 3.8) is 0 Å². The molecule has 0 radical (unpaired) electrons. The smallest absolute Gasteiger partial charge is 0.315 e. The third kappa shape index (κ3) is 0.910. The molecule has 6 atom stereocenters. The molecule has 18 heavy (non-hydrogen) atoms. The number of esters is 1. The quantitative estimate of drug-likeness (QED) is 0.671. The summed E-state index contributed by atoms with van der Waals surface area (Å²) in [6, 6.07) is 0. The van der Waals surface area contributed by atoms with Crippen LogP contribution in [0, 0.1) is 34.5 Å². The SMILES string of the molecule is C[C@H]1[C@@H]2[C@@H]3[C@@H]4C[C@@]1(O)OC(=O)[C@@]24CCCC3(C)C. The second kappa shape index (κ2) is 2.79. The highest BCUT2D eigenvalue weighted by molar-refractivity contribution is 5.82. The van der Waals surface area contributed by atoms with E-state index in [1.165, 1.54) is 6.42 Å². The Hall–Kier alpha value is -0.570. The van der Waals surface area contributed by atoms with Gasteiger partial charge in [-0.15, -0.1) is 0 Å². The summed E-state index contributed by atoms with van der Waals surface area (Å²) >= 11 is 0. The summed E-state index contributed by atoms with van der Waals surface area (Å²) in [7, 11) is 0. The molecule has 5 bridgehead atoms. The lowest BCUT2D eigenvalue weighted by molar-refractivity contribution is -0.382. The lowest BCUT2D eigenvalue weighted by atomic mass is 9.33. The third-order valence-corrected chi connectivity index (χ3v) is 6.80. The topological polar surface area (TPSA) is 46.5 Å². The number of fused-ring (bicyclic) bond motifs is 1. The van der Waals surface area contributed by atoms with Gasteiger partial charge in [0.15, 0.2) is 0 Å². The maximum atomic E-state index is 12.4. The van der Waals surface area contributed by atoms with Crippen LogP contribution in [-0.4, -0.2) is 16.9 Å². The van der Waals surface area contributed by atoms with Crippen LogP contribution in [-0.2, 0) is 9.53 Å². The molecule has 3 saturated carbocycles. The Morgan fingerprint density at radius 2 is 2.00 bits per heavy atom. The predicted molar refractivity (Wildman–Crippen MR) is 65.4 cm³/mol. The van der Waals surface area contributed by atoms with E-state index in [1.54, 1.807) is 0 Å². The molecule has 0 unspecified atom stereocenters. The Morgan fingerprint density at radius 3 is 2.67 bits per heavy atom. The zero-order valence-electron chi connectivity index (χ0n) is 11.4. The highest BCUT2D eigenvalue weighted by Crippen LogP contribution is 2.78. The second-order valence-corrected chi connectivity index (χ2v) is 7.77. The Balaban J connectivity index is 1.87. The zero-order chi connectivity index (χ0) is 12.9. The van der Waals surface area contributed by atoms with Crippen LogP contribution in [0.15, 0.2) is 0 Å². The van der Waals surface area contributed by atoms with Gasteiger partial charge in [-0.3, -0.25) is 4.79 Å². The van der Waals surface area contributed by atoms with Gasteiger partial charge in [0.2, 0.25) is 5.79 Å². The second-order valence-electron chi connectivity index (χ2n) is 7.77. The van der Waals surface area contributed by atoms with Gasteiger partial charge in [-0.05, 0) is 36.0 Å². The number of rotatable bonds is 0. The fraction of sp³-hybridized carbons (Fsp3) is 0.933. The summed E-state index contributed by atoms with van der Waals surface area (Å²) in [6.45, 7) is 6.77. The standard InChI is InChI=1S/C15H22O3/c1-8-10-11-9-7-15(8,17)18-12(16)14(9,10)6-4-5-13(11,2)3/h8-11,17H,4-7H2,1-3H3/t8-,9-,10+,11-,14+,15+/m0/s1. The van der Waals surface area contributed by atoms with Gasteiger partial charge in [0.25, 0.3) is 0 Å². The molecule has 5 fully saturated rings. The van der Waals surface area contributed by atoms with E-state index in [-0.39, 0.29) is 17.3 Å². The van der Waals surface area contributed by atoms with Crippen molar-refractivity contribution >= 4 is 5.97 Å². The van der Waals surface area contributed by atoms with Crippen molar-refractivity contribution in [3.8, 4) is 0 Å². The van der Waals surface area contributed by atoms with Crippen LogP contribution in [0.5, 0.6) is 0 Å². The van der Waals surface area contributed by atoms with Crippen LogP contribution in [0.4, 0.5) is 0 Å². The fourth-order valence-corrected chi connectivity index (χ4v) is 6.03. The molecular weight excluding hydrogens is 228 g/mol. The first-order valence-electron chi connectivity index (χ1n) is 7.29. The fourth-order valence-electron chi connectivity index (χ4n) is 6.03. The van der Waals surface area contributed by atoms with Crippen LogP contribution in [0.2, 0.25) is 0 Å². The number of carbonyl (C=O) groups is 1. The lowest BCUT2D eigenvalue weighted by Crippen LogP contribution is -2.78. The van der Waals surface area contributed by atoms with Crippen LogP contribution < -0.4 is 0 Å². The number of hydrogen-bond donors (Lipinski definition) is 1. The van der Waals surface area contributed by atoms with E-state index in [0.29, 0.717) is 29.6 Å². The van der Waals surface area contributed by atoms with Crippen LogP contribution >= 0.6 is 0 Å². The van der Waals surface area contributed by atoms with E-state index in [0.717, 1.165) is 12.8 Å². The van der Waals surface area contributed by atoms with E-state index in [2.05, 4.69) is 20.8 Å². The average Bonchev–Trinajstić information content (AvgIpc) is 2.43. The van der Waals surface area contributed by atoms with Gasteiger partial charge in [-0.1, -0.05) is 27.2 Å². The van der Waals surface area contributed by atoms with E-state index in [1.807, 2.05) is 0 Å². The number of carbonyl (C=O) groups excluding carboxylic acids is 1. The zero-order valence-corrected chi connectivity index (χ0v) is 11.4. The molecule has 3 aliphatic carbocycles. The summed E-state index contributed by atoms with van der Waals surface area (Å²) in [5, 5.41) is 10.5. The van der Waals surface area contributed by atoms with Crippen molar-refractivity contribution in [2.75, 3.05) is 0 Å². The first-order chi connectivity index (χ1) is 8.33. The molecule has 0 aromatic carbocycles. The van der Waals surface area contributed by atoms with E-state index in [9.17, 15) is 9.90 Å². The van der Waals surface area contributed by atoms with E-state index in [4.69, 9.17) is 4.74 Å². The molecule has 0 aromatic rings. The molecule has 2 heterocycles. The van der Waals surface area contributed by atoms with Crippen molar-refractivity contribution in [3.05, 3.63) is 0 Å². The van der Waals surface area contributed by atoms with Crippen LogP contribution in [0.1, 0.15) is 46.5 Å². The molecule has 100 valence electrons. The number of aliphatic hydroxyl groups is 1. The Labute approximate surface area is 108 Å². The van der Waals surface area contributed by atoms with Crippen molar-refractivity contribution in [1.29, 1.82) is 0 Å². The molecule has 1 N–H and O–H groups in total. The maximum absolute atomic E-state index is 12.4.